The molecular weight excluding hydrogens is 392 g/mol. The van der Waals surface area contributed by atoms with Crippen molar-refractivity contribution in [3.63, 3.8) is 0 Å². The van der Waals surface area contributed by atoms with Gasteiger partial charge in [-0.1, -0.05) is 22.0 Å². The van der Waals surface area contributed by atoms with Crippen molar-refractivity contribution in [2.75, 3.05) is 0 Å². The van der Waals surface area contributed by atoms with Gasteiger partial charge in [-0.3, -0.25) is 10.1 Å². The number of nitro benzene ring substituents is 1. The van der Waals surface area contributed by atoms with Gasteiger partial charge in [-0.25, -0.2) is 0 Å². The van der Waals surface area contributed by atoms with E-state index >= 15 is 0 Å². The van der Waals surface area contributed by atoms with Crippen LogP contribution >= 0.6 is 31.9 Å². The van der Waals surface area contributed by atoms with Crippen molar-refractivity contribution in [1.82, 2.24) is 0 Å². The largest absolute Gasteiger partial charge is 0.456 e. The Morgan fingerprint density at radius 1 is 1.25 bits per heavy atom. The van der Waals surface area contributed by atoms with Gasteiger partial charge in [0.25, 0.3) is 5.69 Å². The SMILES string of the molecule is N#Cc1c(Br)cccc1Oc1cc(Br)cc([N+](=O)[O-])c1. The second kappa shape index (κ2) is 6.03. The van der Waals surface area contributed by atoms with Gasteiger partial charge in [-0.05, 0) is 34.1 Å². The molecule has 0 heterocycles. The fourth-order valence-corrected chi connectivity index (χ4v) is 2.43. The number of halogens is 2. The van der Waals surface area contributed by atoms with E-state index in [4.69, 9.17) is 10.00 Å². The normalized spacial score (nSPS) is 9.85. The first-order chi connectivity index (χ1) is 9.51. The maximum atomic E-state index is 10.8. The molecule has 0 atom stereocenters. The van der Waals surface area contributed by atoms with Gasteiger partial charge < -0.3 is 4.74 Å². The first kappa shape index (κ1) is 14.5. The average molecular weight is 398 g/mol. The van der Waals surface area contributed by atoms with Crippen LogP contribution in [0.3, 0.4) is 0 Å². The van der Waals surface area contributed by atoms with Gasteiger partial charge in [0.15, 0.2) is 0 Å². The van der Waals surface area contributed by atoms with E-state index in [-0.39, 0.29) is 11.4 Å². The van der Waals surface area contributed by atoms with Crippen molar-refractivity contribution in [3.8, 4) is 17.6 Å². The highest BCUT2D eigenvalue weighted by Crippen LogP contribution is 2.33. The lowest BCUT2D eigenvalue weighted by Gasteiger charge is -2.08. The summed E-state index contributed by atoms with van der Waals surface area (Å²) in [5.74, 6) is 0.606. The summed E-state index contributed by atoms with van der Waals surface area (Å²) in [5.41, 5.74) is 0.234. The third-order valence-corrected chi connectivity index (χ3v) is 3.50. The summed E-state index contributed by atoms with van der Waals surface area (Å²) < 4.78 is 6.69. The summed E-state index contributed by atoms with van der Waals surface area (Å²) in [6.07, 6.45) is 0. The van der Waals surface area contributed by atoms with Crippen LogP contribution < -0.4 is 4.74 Å². The first-order valence-corrected chi connectivity index (χ1v) is 6.91. The highest BCUT2D eigenvalue weighted by atomic mass is 79.9. The summed E-state index contributed by atoms with van der Waals surface area (Å²) in [7, 11) is 0. The van der Waals surface area contributed by atoms with Crippen LogP contribution in [0.1, 0.15) is 5.56 Å². The number of rotatable bonds is 3. The standard InChI is InChI=1S/C13H6Br2N2O3/c14-8-4-9(17(18)19)6-10(5-8)20-13-3-1-2-12(15)11(13)7-16/h1-6H. The number of hydrogen-bond acceptors (Lipinski definition) is 4. The number of nitrogens with zero attached hydrogens (tertiary/aromatic N) is 2. The molecule has 7 heteroatoms. The zero-order valence-corrected chi connectivity index (χ0v) is 13.0. The summed E-state index contributed by atoms with van der Waals surface area (Å²) in [6, 6.07) is 11.3. The molecule has 0 unspecified atom stereocenters. The number of ether oxygens (including phenoxy) is 1. The Labute approximate surface area is 131 Å². The van der Waals surface area contributed by atoms with E-state index in [1.165, 1.54) is 12.1 Å². The van der Waals surface area contributed by atoms with E-state index < -0.39 is 4.92 Å². The number of benzene rings is 2. The van der Waals surface area contributed by atoms with Crippen molar-refractivity contribution in [2.45, 2.75) is 0 Å². The Balaban J connectivity index is 2.43. The zero-order valence-electron chi connectivity index (χ0n) is 9.84. The maximum absolute atomic E-state index is 10.8. The van der Waals surface area contributed by atoms with Crippen molar-refractivity contribution < 1.29 is 9.66 Å². The molecule has 20 heavy (non-hydrogen) atoms. The van der Waals surface area contributed by atoms with Crippen LogP contribution in [-0.4, -0.2) is 4.92 Å². The maximum Gasteiger partial charge on any atom is 0.274 e. The molecule has 0 radical (unpaired) electrons. The van der Waals surface area contributed by atoms with Crippen molar-refractivity contribution in [2.24, 2.45) is 0 Å². The summed E-state index contributed by atoms with van der Waals surface area (Å²) in [4.78, 5) is 10.3. The van der Waals surface area contributed by atoms with E-state index in [1.54, 1.807) is 24.3 Å². The van der Waals surface area contributed by atoms with Gasteiger partial charge >= 0.3 is 0 Å². The van der Waals surface area contributed by atoms with Crippen LogP contribution in [0.2, 0.25) is 0 Å². The minimum atomic E-state index is -0.510. The van der Waals surface area contributed by atoms with Gasteiger partial charge in [0.1, 0.15) is 23.1 Å². The monoisotopic (exact) mass is 396 g/mol. The van der Waals surface area contributed by atoms with Gasteiger partial charge in [-0.2, -0.15) is 5.26 Å². The molecule has 0 aliphatic rings. The molecule has 0 fully saturated rings. The number of nitro groups is 1. The van der Waals surface area contributed by atoms with Gasteiger partial charge in [0.05, 0.1) is 11.0 Å². The molecule has 2 rings (SSSR count). The Morgan fingerprint density at radius 3 is 2.65 bits per heavy atom. The molecule has 0 saturated heterocycles. The lowest BCUT2D eigenvalue weighted by molar-refractivity contribution is -0.385. The average Bonchev–Trinajstić information content (AvgIpc) is 2.38. The van der Waals surface area contributed by atoms with Crippen LogP contribution in [0.5, 0.6) is 11.5 Å². The Kier molecular flexibility index (Phi) is 4.37. The Morgan fingerprint density at radius 2 is 2.00 bits per heavy atom. The van der Waals surface area contributed by atoms with E-state index in [0.29, 0.717) is 20.3 Å². The summed E-state index contributed by atoms with van der Waals surface area (Å²) >= 11 is 6.44. The number of nitriles is 1. The van der Waals surface area contributed by atoms with Crippen LogP contribution in [0.4, 0.5) is 5.69 Å². The van der Waals surface area contributed by atoms with E-state index in [1.807, 2.05) is 6.07 Å². The molecule has 0 bridgehead atoms. The quantitative estimate of drug-likeness (QED) is 0.551. The van der Waals surface area contributed by atoms with Gasteiger partial charge in [-0.15, -0.1) is 0 Å². The van der Waals surface area contributed by atoms with Gasteiger partial charge in [0, 0.05) is 15.0 Å². The summed E-state index contributed by atoms with van der Waals surface area (Å²) in [5, 5.41) is 19.9. The van der Waals surface area contributed by atoms with E-state index in [0.717, 1.165) is 0 Å². The molecule has 2 aromatic rings. The van der Waals surface area contributed by atoms with Crippen LogP contribution in [-0.2, 0) is 0 Å². The Hall–Kier alpha value is -1.91. The van der Waals surface area contributed by atoms with E-state index in [9.17, 15) is 10.1 Å². The molecule has 0 aromatic heterocycles. The minimum absolute atomic E-state index is 0.0946. The molecule has 0 spiro atoms. The molecule has 2 aromatic carbocycles. The number of non-ortho nitro benzene ring substituents is 1. The second-order valence-electron chi connectivity index (χ2n) is 3.73. The van der Waals surface area contributed by atoms with Crippen molar-refractivity contribution >= 4 is 37.5 Å². The van der Waals surface area contributed by atoms with Crippen LogP contribution in [0.25, 0.3) is 0 Å². The van der Waals surface area contributed by atoms with E-state index in [2.05, 4.69) is 31.9 Å². The topological polar surface area (TPSA) is 76.2 Å². The highest BCUT2D eigenvalue weighted by Gasteiger charge is 2.13. The molecule has 0 aliphatic carbocycles. The highest BCUT2D eigenvalue weighted by molar-refractivity contribution is 9.10. The lowest BCUT2D eigenvalue weighted by Crippen LogP contribution is -1.92. The Bertz CT molecular complexity index is 726. The fraction of sp³-hybridized carbons (Fsp3) is 0. The molecular formula is C13H6Br2N2O3. The third-order valence-electron chi connectivity index (χ3n) is 2.38. The van der Waals surface area contributed by atoms with Crippen molar-refractivity contribution in [1.29, 1.82) is 5.26 Å². The molecule has 100 valence electrons. The molecule has 0 N–H and O–H groups in total. The molecule has 5 nitrogen and oxygen atoms in total. The lowest BCUT2D eigenvalue weighted by atomic mass is 10.2. The smallest absolute Gasteiger partial charge is 0.274 e. The minimum Gasteiger partial charge on any atom is -0.456 e. The predicted molar refractivity (Wildman–Crippen MR) is 79.7 cm³/mol. The predicted octanol–water partition coefficient (Wildman–Crippen LogP) is 4.78. The fourth-order valence-electron chi connectivity index (χ4n) is 1.54. The zero-order chi connectivity index (χ0) is 14.7. The number of hydrogen-bond donors (Lipinski definition) is 0. The molecule has 0 saturated carbocycles. The van der Waals surface area contributed by atoms with Crippen LogP contribution in [0, 0.1) is 21.4 Å². The third kappa shape index (κ3) is 3.15. The first-order valence-electron chi connectivity index (χ1n) is 5.32. The molecule has 0 aliphatic heterocycles. The van der Waals surface area contributed by atoms with Crippen LogP contribution in [0.15, 0.2) is 45.3 Å². The van der Waals surface area contributed by atoms with Crippen molar-refractivity contribution in [3.05, 3.63) is 61.0 Å². The van der Waals surface area contributed by atoms with Gasteiger partial charge in [0.2, 0.25) is 0 Å². The second-order valence-corrected chi connectivity index (χ2v) is 5.50. The summed E-state index contributed by atoms with van der Waals surface area (Å²) in [6.45, 7) is 0. The molecule has 0 amide bonds.